The van der Waals surface area contributed by atoms with Gasteiger partial charge >= 0.3 is 0 Å². The van der Waals surface area contributed by atoms with Gasteiger partial charge in [0.05, 0.1) is 6.10 Å². The summed E-state index contributed by atoms with van der Waals surface area (Å²) in [6, 6.07) is 10.3. The lowest BCUT2D eigenvalue weighted by atomic mass is 9.86. The molecule has 1 N–H and O–H groups in total. The van der Waals surface area contributed by atoms with E-state index in [2.05, 4.69) is 25.6 Å². The van der Waals surface area contributed by atoms with E-state index in [1.165, 1.54) is 5.56 Å². The molecule has 2 atom stereocenters. The van der Waals surface area contributed by atoms with Crippen molar-refractivity contribution in [1.82, 2.24) is 0 Å². The molecule has 0 unspecified atom stereocenters. The first-order valence-corrected chi connectivity index (χ1v) is 6.52. The van der Waals surface area contributed by atoms with Gasteiger partial charge in [-0.3, -0.25) is 0 Å². The average Bonchev–Trinajstić information content (AvgIpc) is 2.34. The Balaban J connectivity index is 2.76. The van der Waals surface area contributed by atoms with Gasteiger partial charge in [-0.1, -0.05) is 55.7 Å². The van der Waals surface area contributed by atoms with Crippen molar-refractivity contribution in [3.05, 3.63) is 48.0 Å². The van der Waals surface area contributed by atoms with Gasteiger partial charge in [0.2, 0.25) is 0 Å². The first kappa shape index (κ1) is 14.0. The van der Waals surface area contributed by atoms with Crippen LogP contribution in [0.1, 0.15) is 51.0 Å². The molecule has 0 aliphatic heterocycles. The quantitative estimate of drug-likeness (QED) is 0.695. The van der Waals surface area contributed by atoms with Crippen LogP contribution in [-0.2, 0) is 0 Å². The fraction of sp³-hybridized carbons (Fsp3) is 0.500. The average molecular weight is 232 g/mol. The third kappa shape index (κ3) is 4.74. The molecule has 0 radical (unpaired) electrons. The minimum absolute atomic E-state index is 0.195. The van der Waals surface area contributed by atoms with Crippen LogP contribution in [0.25, 0.3) is 0 Å². The molecule has 0 fully saturated rings. The molecule has 0 amide bonds. The van der Waals surface area contributed by atoms with Crippen molar-refractivity contribution in [1.29, 1.82) is 0 Å². The second kappa shape index (κ2) is 7.29. The van der Waals surface area contributed by atoms with E-state index in [1.54, 1.807) is 0 Å². The van der Waals surface area contributed by atoms with Gasteiger partial charge in [0.15, 0.2) is 0 Å². The smallest absolute Gasteiger partial charge is 0.0611 e. The molecule has 0 bridgehead atoms. The second-order valence-corrected chi connectivity index (χ2v) is 4.89. The lowest BCUT2D eigenvalue weighted by Gasteiger charge is -2.23. The summed E-state index contributed by atoms with van der Waals surface area (Å²) in [5.41, 5.74) is 2.36. The molecule has 0 spiro atoms. The Kier molecular flexibility index (Phi) is 5.99. The predicted molar refractivity (Wildman–Crippen MR) is 74.1 cm³/mol. The minimum Gasteiger partial charge on any atom is -0.392 e. The first-order valence-electron chi connectivity index (χ1n) is 6.52. The standard InChI is InChI=1S/C16H24O/c1-4-5-11-16(17)15(12-13(2)3)14-9-7-6-8-10-14/h6-10,15-17H,2,4-5,11-12H2,1,3H3/t15-,16+/m1/s1. The van der Waals surface area contributed by atoms with Crippen LogP contribution in [0.4, 0.5) is 0 Å². The highest BCUT2D eigenvalue weighted by Gasteiger charge is 2.20. The van der Waals surface area contributed by atoms with Crippen molar-refractivity contribution in [3.63, 3.8) is 0 Å². The van der Waals surface area contributed by atoms with Gasteiger partial charge in [-0.2, -0.15) is 0 Å². The minimum atomic E-state index is -0.256. The molecule has 94 valence electrons. The Hall–Kier alpha value is -1.08. The SMILES string of the molecule is C=C(C)C[C@H](c1ccccc1)[C@@H](O)CCCC. The fourth-order valence-corrected chi connectivity index (χ4v) is 2.17. The second-order valence-electron chi connectivity index (χ2n) is 4.89. The van der Waals surface area contributed by atoms with Crippen LogP contribution >= 0.6 is 0 Å². The zero-order valence-corrected chi connectivity index (χ0v) is 11.0. The van der Waals surface area contributed by atoms with E-state index in [4.69, 9.17) is 0 Å². The highest BCUT2D eigenvalue weighted by atomic mass is 16.3. The zero-order valence-electron chi connectivity index (χ0n) is 11.0. The van der Waals surface area contributed by atoms with E-state index in [9.17, 15) is 5.11 Å². The van der Waals surface area contributed by atoms with Gasteiger partial charge < -0.3 is 5.11 Å². The van der Waals surface area contributed by atoms with Crippen molar-refractivity contribution in [2.75, 3.05) is 0 Å². The van der Waals surface area contributed by atoms with Crippen LogP contribution in [-0.4, -0.2) is 11.2 Å². The summed E-state index contributed by atoms with van der Waals surface area (Å²) >= 11 is 0. The lowest BCUT2D eigenvalue weighted by molar-refractivity contribution is 0.130. The summed E-state index contributed by atoms with van der Waals surface area (Å²) in [4.78, 5) is 0. The highest BCUT2D eigenvalue weighted by molar-refractivity contribution is 5.22. The molecule has 0 aromatic heterocycles. The third-order valence-corrected chi connectivity index (χ3v) is 3.11. The van der Waals surface area contributed by atoms with Crippen LogP contribution in [0, 0.1) is 0 Å². The third-order valence-electron chi connectivity index (χ3n) is 3.11. The number of aliphatic hydroxyl groups excluding tert-OH is 1. The van der Waals surface area contributed by atoms with Gasteiger partial charge in [0.25, 0.3) is 0 Å². The van der Waals surface area contributed by atoms with Gasteiger partial charge in [-0.25, -0.2) is 0 Å². The topological polar surface area (TPSA) is 20.2 Å². The number of allylic oxidation sites excluding steroid dienone is 1. The Bertz CT molecular complexity index is 329. The number of rotatable bonds is 7. The molecule has 1 rings (SSSR count). The van der Waals surface area contributed by atoms with Crippen molar-refractivity contribution >= 4 is 0 Å². The van der Waals surface area contributed by atoms with Gasteiger partial charge in [-0.15, -0.1) is 6.58 Å². The number of benzene rings is 1. The molecular formula is C16H24O. The molecule has 0 aliphatic carbocycles. The van der Waals surface area contributed by atoms with E-state index in [1.807, 2.05) is 25.1 Å². The maximum absolute atomic E-state index is 10.3. The molecule has 1 aromatic rings. The molecule has 1 heteroatoms. The predicted octanol–water partition coefficient (Wildman–Crippen LogP) is 4.29. The van der Waals surface area contributed by atoms with E-state index >= 15 is 0 Å². The summed E-state index contributed by atoms with van der Waals surface area (Å²) in [5, 5.41) is 10.3. The van der Waals surface area contributed by atoms with Gasteiger partial charge in [0, 0.05) is 5.92 Å². The molecule has 0 saturated heterocycles. The van der Waals surface area contributed by atoms with Gasteiger partial charge in [0.1, 0.15) is 0 Å². The molecular weight excluding hydrogens is 208 g/mol. The fourth-order valence-electron chi connectivity index (χ4n) is 2.17. The van der Waals surface area contributed by atoms with Crippen molar-refractivity contribution in [3.8, 4) is 0 Å². The number of hydrogen-bond acceptors (Lipinski definition) is 1. The summed E-state index contributed by atoms with van der Waals surface area (Å²) in [7, 11) is 0. The number of unbranched alkanes of at least 4 members (excludes halogenated alkanes) is 1. The van der Waals surface area contributed by atoms with Gasteiger partial charge in [-0.05, 0) is 25.3 Å². The van der Waals surface area contributed by atoms with Crippen molar-refractivity contribution in [2.24, 2.45) is 0 Å². The van der Waals surface area contributed by atoms with E-state index in [0.29, 0.717) is 0 Å². The zero-order chi connectivity index (χ0) is 12.7. The molecule has 1 aromatic carbocycles. The molecule has 1 nitrogen and oxygen atoms in total. The number of aliphatic hydroxyl groups is 1. The summed E-state index contributed by atoms with van der Waals surface area (Å²) in [6.45, 7) is 8.16. The van der Waals surface area contributed by atoms with Crippen molar-refractivity contribution in [2.45, 2.75) is 51.6 Å². The summed E-state index contributed by atoms with van der Waals surface area (Å²) in [6.07, 6.45) is 3.71. The molecule has 17 heavy (non-hydrogen) atoms. The molecule has 0 heterocycles. The van der Waals surface area contributed by atoms with Crippen LogP contribution in [0.2, 0.25) is 0 Å². The van der Waals surface area contributed by atoms with E-state index < -0.39 is 0 Å². The largest absolute Gasteiger partial charge is 0.392 e. The highest BCUT2D eigenvalue weighted by Crippen LogP contribution is 2.28. The maximum atomic E-state index is 10.3. The summed E-state index contributed by atoms with van der Waals surface area (Å²) in [5.74, 6) is 0.195. The lowest BCUT2D eigenvalue weighted by Crippen LogP contribution is -2.18. The van der Waals surface area contributed by atoms with Crippen LogP contribution in [0.15, 0.2) is 42.5 Å². The first-order chi connectivity index (χ1) is 8.15. The normalized spacial score (nSPS) is 14.3. The summed E-state index contributed by atoms with van der Waals surface area (Å²) < 4.78 is 0. The molecule has 0 aliphatic rings. The Morgan fingerprint density at radius 1 is 1.29 bits per heavy atom. The van der Waals surface area contributed by atoms with Crippen LogP contribution in [0.5, 0.6) is 0 Å². The Morgan fingerprint density at radius 3 is 2.47 bits per heavy atom. The number of hydrogen-bond donors (Lipinski definition) is 1. The Labute approximate surface area is 105 Å². The Morgan fingerprint density at radius 2 is 1.94 bits per heavy atom. The van der Waals surface area contributed by atoms with E-state index in [0.717, 1.165) is 31.3 Å². The maximum Gasteiger partial charge on any atom is 0.0611 e. The van der Waals surface area contributed by atoms with Crippen LogP contribution in [0.3, 0.4) is 0 Å². The van der Waals surface area contributed by atoms with Crippen molar-refractivity contribution < 1.29 is 5.11 Å². The molecule has 0 saturated carbocycles. The monoisotopic (exact) mass is 232 g/mol. The van der Waals surface area contributed by atoms with Crippen LogP contribution < -0.4 is 0 Å². The van der Waals surface area contributed by atoms with E-state index in [-0.39, 0.29) is 12.0 Å².